The Balaban J connectivity index is 3.33. The predicted octanol–water partition coefficient (Wildman–Crippen LogP) is 1.67. The van der Waals surface area contributed by atoms with Crippen molar-refractivity contribution in [2.75, 3.05) is 0 Å². The molecule has 12 heavy (non-hydrogen) atoms. The Morgan fingerprint density at radius 2 is 2.17 bits per heavy atom. The lowest BCUT2D eigenvalue weighted by Gasteiger charge is -2.01. The van der Waals surface area contributed by atoms with E-state index in [-0.39, 0.29) is 5.02 Å². The number of alkyl halides is 2. The topological polar surface area (TPSA) is 53.1 Å². The van der Waals surface area contributed by atoms with Crippen molar-refractivity contribution in [1.29, 1.82) is 0 Å². The average molecular weight is 196 g/mol. The Morgan fingerprint density at radius 3 is 2.67 bits per heavy atom. The molecule has 0 aliphatic carbocycles. The van der Waals surface area contributed by atoms with Crippen LogP contribution in [0.5, 0.6) is 5.88 Å². The molecule has 0 spiro atoms. The van der Waals surface area contributed by atoms with Gasteiger partial charge in [-0.25, -0.2) is 8.78 Å². The first-order valence-corrected chi connectivity index (χ1v) is 3.30. The maximum Gasteiger partial charge on any atom is 0.269 e. The zero-order valence-electron chi connectivity index (χ0n) is 5.64. The smallest absolute Gasteiger partial charge is 0.269 e. The summed E-state index contributed by atoms with van der Waals surface area (Å²) in [7, 11) is 0. The van der Waals surface area contributed by atoms with E-state index in [9.17, 15) is 13.6 Å². The van der Waals surface area contributed by atoms with Gasteiger partial charge in [-0.2, -0.15) is 0 Å². The van der Waals surface area contributed by atoms with Gasteiger partial charge < -0.3 is 5.11 Å². The summed E-state index contributed by atoms with van der Waals surface area (Å²) in [6.07, 6.45) is -2.86. The van der Waals surface area contributed by atoms with Crippen LogP contribution in [0, 0.1) is 0 Å². The first kappa shape index (κ1) is 8.99. The minimum absolute atomic E-state index is 0.372. The Labute approximate surface area is 70.6 Å². The van der Waals surface area contributed by atoms with Crippen LogP contribution in [0.2, 0.25) is 5.02 Å². The zero-order valence-corrected chi connectivity index (χ0v) is 6.40. The maximum absolute atomic E-state index is 12.0. The number of nitrogens with one attached hydrogen (secondary N) is 1. The molecule has 0 fully saturated rings. The molecule has 0 radical (unpaired) electrons. The largest absolute Gasteiger partial charge is 0.494 e. The Hall–Kier alpha value is -1.10. The fourth-order valence-electron chi connectivity index (χ4n) is 0.676. The highest BCUT2D eigenvalue weighted by molar-refractivity contribution is 6.30. The van der Waals surface area contributed by atoms with Gasteiger partial charge in [0.15, 0.2) is 5.88 Å². The van der Waals surface area contributed by atoms with Crippen LogP contribution in [0.1, 0.15) is 12.0 Å². The van der Waals surface area contributed by atoms with Crippen molar-refractivity contribution in [3.8, 4) is 5.88 Å². The number of pyridine rings is 1. The molecule has 0 unspecified atom stereocenters. The molecule has 1 aromatic heterocycles. The van der Waals surface area contributed by atoms with Crippen molar-refractivity contribution in [2.24, 2.45) is 0 Å². The molecular weight excluding hydrogens is 192 g/mol. The molecule has 1 aromatic rings. The Kier molecular flexibility index (Phi) is 2.32. The summed E-state index contributed by atoms with van der Waals surface area (Å²) in [6.45, 7) is 0. The van der Waals surface area contributed by atoms with Crippen LogP contribution >= 0.6 is 11.6 Å². The second kappa shape index (κ2) is 3.10. The highest BCUT2D eigenvalue weighted by Crippen LogP contribution is 2.26. The van der Waals surface area contributed by atoms with Crippen LogP contribution in [0.3, 0.4) is 0 Å². The predicted molar refractivity (Wildman–Crippen MR) is 38.7 cm³/mol. The number of hydrogen-bond acceptors (Lipinski definition) is 2. The first-order valence-electron chi connectivity index (χ1n) is 2.92. The molecule has 1 rings (SSSR count). The highest BCUT2D eigenvalue weighted by Gasteiger charge is 2.14. The highest BCUT2D eigenvalue weighted by atomic mass is 35.5. The summed E-state index contributed by atoms with van der Waals surface area (Å²) in [5.74, 6) is -0.848. The molecule has 0 aliphatic rings. The zero-order chi connectivity index (χ0) is 9.30. The van der Waals surface area contributed by atoms with E-state index in [1.165, 1.54) is 0 Å². The van der Waals surface area contributed by atoms with E-state index in [0.29, 0.717) is 0 Å². The van der Waals surface area contributed by atoms with E-state index in [1.807, 2.05) is 0 Å². The van der Waals surface area contributed by atoms with Crippen molar-refractivity contribution in [1.82, 2.24) is 4.98 Å². The third-order valence-corrected chi connectivity index (χ3v) is 1.52. The maximum atomic E-state index is 12.0. The van der Waals surface area contributed by atoms with Gasteiger partial charge in [0.1, 0.15) is 5.02 Å². The summed E-state index contributed by atoms with van der Waals surface area (Å²) in [6, 6.07) is 0.736. The Morgan fingerprint density at radius 1 is 1.58 bits per heavy atom. The molecule has 1 heterocycles. The van der Waals surface area contributed by atoms with Crippen LogP contribution in [-0.4, -0.2) is 10.1 Å². The van der Waals surface area contributed by atoms with Crippen LogP contribution in [-0.2, 0) is 0 Å². The lowest BCUT2D eigenvalue weighted by molar-refractivity contribution is 0.146. The first-order chi connectivity index (χ1) is 5.52. The van der Waals surface area contributed by atoms with Crippen molar-refractivity contribution in [2.45, 2.75) is 6.43 Å². The van der Waals surface area contributed by atoms with Gasteiger partial charge in [-0.15, -0.1) is 0 Å². The molecule has 3 nitrogen and oxygen atoms in total. The summed E-state index contributed by atoms with van der Waals surface area (Å²) in [5.41, 5.74) is -1.47. The molecule has 2 N–H and O–H groups in total. The van der Waals surface area contributed by atoms with Gasteiger partial charge in [-0.05, 0) is 6.07 Å². The van der Waals surface area contributed by atoms with E-state index in [2.05, 4.69) is 0 Å². The molecule has 0 amide bonds. The van der Waals surface area contributed by atoms with Crippen LogP contribution < -0.4 is 5.56 Å². The van der Waals surface area contributed by atoms with Crippen molar-refractivity contribution in [3.05, 3.63) is 27.0 Å². The van der Waals surface area contributed by atoms with Gasteiger partial charge in [0, 0.05) is 0 Å². The van der Waals surface area contributed by atoms with E-state index in [1.54, 1.807) is 4.98 Å². The minimum Gasteiger partial charge on any atom is -0.494 e. The lowest BCUT2D eigenvalue weighted by atomic mass is 10.3. The average Bonchev–Trinajstić information content (AvgIpc) is 1.96. The number of rotatable bonds is 1. The SMILES string of the molecule is O=c1[nH]c(O)c(C(F)F)cc1Cl. The van der Waals surface area contributed by atoms with E-state index in [0.717, 1.165) is 6.07 Å². The third-order valence-electron chi connectivity index (χ3n) is 1.24. The van der Waals surface area contributed by atoms with Crippen LogP contribution in [0.15, 0.2) is 10.9 Å². The normalized spacial score (nSPS) is 10.7. The second-order valence-corrected chi connectivity index (χ2v) is 2.46. The summed E-state index contributed by atoms with van der Waals surface area (Å²) >= 11 is 5.24. The molecule has 0 saturated heterocycles. The van der Waals surface area contributed by atoms with Gasteiger partial charge in [0.05, 0.1) is 5.56 Å². The molecule has 0 aliphatic heterocycles. The van der Waals surface area contributed by atoms with Gasteiger partial charge in [-0.3, -0.25) is 9.78 Å². The lowest BCUT2D eigenvalue weighted by Crippen LogP contribution is -2.07. The van der Waals surface area contributed by atoms with Gasteiger partial charge in [-0.1, -0.05) is 11.6 Å². The molecule has 0 aromatic carbocycles. The summed E-state index contributed by atoms with van der Waals surface area (Å²) in [5, 5.41) is 8.42. The Bertz CT molecular complexity index is 350. The molecule has 0 bridgehead atoms. The van der Waals surface area contributed by atoms with Crippen molar-refractivity contribution in [3.63, 3.8) is 0 Å². The monoisotopic (exact) mass is 195 g/mol. The van der Waals surface area contributed by atoms with E-state index < -0.39 is 23.4 Å². The quantitative estimate of drug-likeness (QED) is 0.716. The fraction of sp³-hybridized carbons (Fsp3) is 0.167. The van der Waals surface area contributed by atoms with Gasteiger partial charge in [0.25, 0.3) is 12.0 Å². The number of aromatic amines is 1. The minimum atomic E-state index is -2.86. The van der Waals surface area contributed by atoms with Crippen LogP contribution in [0.4, 0.5) is 8.78 Å². The van der Waals surface area contributed by atoms with Crippen molar-refractivity contribution < 1.29 is 13.9 Å². The second-order valence-electron chi connectivity index (χ2n) is 2.05. The fourth-order valence-corrected chi connectivity index (χ4v) is 0.841. The van der Waals surface area contributed by atoms with Crippen LogP contribution in [0.25, 0.3) is 0 Å². The number of halogens is 3. The van der Waals surface area contributed by atoms with E-state index in [4.69, 9.17) is 16.7 Å². The van der Waals surface area contributed by atoms with Gasteiger partial charge >= 0.3 is 0 Å². The van der Waals surface area contributed by atoms with Gasteiger partial charge in [0.2, 0.25) is 0 Å². The molecule has 66 valence electrons. The van der Waals surface area contributed by atoms with E-state index >= 15 is 0 Å². The summed E-state index contributed by atoms with van der Waals surface area (Å²) < 4.78 is 24.0. The third kappa shape index (κ3) is 1.55. The number of aromatic nitrogens is 1. The van der Waals surface area contributed by atoms with Crippen molar-refractivity contribution >= 4 is 11.6 Å². The molecular formula is C6H4ClF2NO2. The molecule has 0 saturated carbocycles. The molecule has 0 atom stereocenters. The number of H-pyrrole nitrogens is 1. The molecule has 6 heteroatoms. The number of hydrogen-bond donors (Lipinski definition) is 2. The standard InChI is InChI=1S/C6H4ClF2NO2/c7-3-1-2(4(8)9)5(11)10-6(3)12/h1,4H,(H2,10,11,12). The number of aromatic hydroxyl groups is 1. The summed E-state index contributed by atoms with van der Waals surface area (Å²) in [4.78, 5) is 12.4.